The van der Waals surface area contributed by atoms with Gasteiger partial charge in [0.05, 0.1) is 12.1 Å². The molecule has 4 N–H and O–H groups in total. The third-order valence-corrected chi connectivity index (χ3v) is 10.9. The van der Waals surface area contributed by atoms with E-state index in [1.807, 2.05) is 0 Å². The summed E-state index contributed by atoms with van der Waals surface area (Å²) in [5.74, 6) is 1.72. The van der Waals surface area contributed by atoms with Gasteiger partial charge in [-0.05, 0) is 37.5 Å². The first kappa shape index (κ1) is 46.6. The Morgan fingerprint density at radius 3 is 0.900 bits per heavy atom. The lowest BCUT2D eigenvalue weighted by atomic mass is 9.90. The summed E-state index contributed by atoms with van der Waals surface area (Å²) in [6, 6.07) is -0.156. The molecule has 0 bridgehead atoms. The second kappa shape index (κ2) is 34.6. The minimum absolute atomic E-state index is 0.00842. The van der Waals surface area contributed by atoms with E-state index >= 15 is 0 Å². The molecule has 0 aromatic carbocycles. The molecule has 2 atom stereocenters. The van der Waals surface area contributed by atoms with Crippen molar-refractivity contribution in [2.24, 2.45) is 11.8 Å². The van der Waals surface area contributed by atoms with Crippen molar-refractivity contribution in [3.63, 3.8) is 0 Å². The van der Waals surface area contributed by atoms with Gasteiger partial charge in [0.25, 0.3) is 0 Å². The maximum Gasteiger partial charge on any atom is 0.315 e. The fraction of sp³-hybridized carbons (Fsp3) is 0.955. The third kappa shape index (κ3) is 31.3. The monoisotopic (exact) mass is 705 g/mol. The summed E-state index contributed by atoms with van der Waals surface area (Å²) in [7, 11) is 0. The summed E-state index contributed by atoms with van der Waals surface area (Å²) in [6.45, 7) is 10.8. The van der Waals surface area contributed by atoms with Crippen LogP contribution in [0, 0.1) is 11.8 Å². The highest BCUT2D eigenvalue weighted by atomic mass is 16.2. The van der Waals surface area contributed by atoms with Crippen molar-refractivity contribution < 1.29 is 9.59 Å². The zero-order chi connectivity index (χ0) is 36.3. The summed E-state index contributed by atoms with van der Waals surface area (Å²) >= 11 is 0. The average Bonchev–Trinajstić information content (AvgIpc) is 3.08. The molecular formula is C44H88N4O2. The minimum Gasteiger partial charge on any atom is -0.338 e. The van der Waals surface area contributed by atoms with Gasteiger partial charge in [-0.3, -0.25) is 0 Å². The van der Waals surface area contributed by atoms with Gasteiger partial charge in [-0.2, -0.15) is 0 Å². The van der Waals surface area contributed by atoms with Crippen molar-refractivity contribution in [3.8, 4) is 0 Å². The molecule has 0 aromatic rings. The third-order valence-electron chi connectivity index (χ3n) is 10.9. The quantitative estimate of drug-likeness (QED) is 0.0503. The van der Waals surface area contributed by atoms with Gasteiger partial charge in [0.15, 0.2) is 0 Å². The molecule has 0 aromatic heterocycles. The number of urea groups is 2. The molecule has 0 aliphatic heterocycles. The Morgan fingerprint density at radius 2 is 0.640 bits per heavy atom. The number of amides is 4. The predicted octanol–water partition coefficient (Wildman–Crippen LogP) is 13.1. The Hall–Kier alpha value is -1.46. The van der Waals surface area contributed by atoms with Crippen LogP contribution < -0.4 is 21.3 Å². The first-order chi connectivity index (χ1) is 24.4. The summed E-state index contributed by atoms with van der Waals surface area (Å²) in [4.78, 5) is 25.2. The zero-order valence-corrected chi connectivity index (χ0v) is 34.2. The SMILES string of the molecule is CC(C)CCCCCCCCCCCCCCCNC(=O)N[C@@H]1CCCC[C@H]1NC(=O)NCCCCCCCCCCCCCCCC(C)C. The molecule has 0 saturated heterocycles. The van der Waals surface area contributed by atoms with Gasteiger partial charge < -0.3 is 21.3 Å². The molecule has 1 aliphatic rings. The van der Waals surface area contributed by atoms with E-state index in [9.17, 15) is 9.59 Å². The maximum absolute atomic E-state index is 12.6. The van der Waals surface area contributed by atoms with Crippen LogP contribution in [0.1, 0.15) is 233 Å². The van der Waals surface area contributed by atoms with Crippen LogP contribution in [0.3, 0.4) is 0 Å². The fourth-order valence-electron chi connectivity index (χ4n) is 7.56. The molecule has 6 nitrogen and oxygen atoms in total. The molecule has 296 valence electrons. The highest BCUT2D eigenvalue weighted by Crippen LogP contribution is 2.19. The topological polar surface area (TPSA) is 82.3 Å². The molecule has 1 fully saturated rings. The van der Waals surface area contributed by atoms with Crippen LogP contribution in [-0.2, 0) is 0 Å². The minimum atomic E-state index is -0.0865. The van der Waals surface area contributed by atoms with Crippen LogP contribution in [0.2, 0.25) is 0 Å². The maximum atomic E-state index is 12.6. The van der Waals surface area contributed by atoms with E-state index in [4.69, 9.17) is 0 Å². The molecule has 4 amide bonds. The van der Waals surface area contributed by atoms with Gasteiger partial charge in [-0.1, -0.05) is 207 Å². The van der Waals surface area contributed by atoms with Crippen molar-refractivity contribution in [1.82, 2.24) is 21.3 Å². The first-order valence-electron chi connectivity index (χ1n) is 22.5. The second-order valence-corrected chi connectivity index (χ2v) is 16.9. The number of rotatable bonds is 34. The number of nitrogens with one attached hydrogen (secondary N) is 4. The van der Waals surface area contributed by atoms with Crippen molar-refractivity contribution in [2.75, 3.05) is 13.1 Å². The van der Waals surface area contributed by atoms with Crippen LogP contribution >= 0.6 is 0 Å². The Morgan fingerprint density at radius 1 is 0.400 bits per heavy atom. The Labute approximate surface area is 312 Å². The van der Waals surface area contributed by atoms with Gasteiger partial charge in [0, 0.05) is 13.1 Å². The van der Waals surface area contributed by atoms with Gasteiger partial charge in [0.2, 0.25) is 0 Å². The number of hydrogen-bond acceptors (Lipinski definition) is 2. The van der Waals surface area contributed by atoms with E-state index in [2.05, 4.69) is 49.0 Å². The Bertz CT molecular complexity index is 696. The summed E-state index contributed by atoms with van der Waals surface area (Å²) in [5.41, 5.74) is 0. The van der Waals surface area contributed by atoms with E-state index in [0.717, 1.165) is 63.5 Å². The van der Waals surface area contributed by atoms with E-state index < -0.39 is 0 Å². The van der Waals surface area contributed by atoms with Gasteiger partial charge in [-0.15, -0.1) is 0 Å². The molecule has 1 rings (SSSR count). The van der Waals surface area contributed by atoms with E-state index in [1.54, 1.807) is 0 Å². The Balaban J connectivity index is 1.93. The standard InChI is InChI=1S/C44H88N4O2/c1-39(2)33-27-23-19-15-11-7-5-9-13-17-21-25-31-37-45-43(49)47-41-35-29-30-36-42(41)48-44(50)46-38-32-26-22-18-14-10-6-8-12-16-20-24-28-34-40(3)4/h39-42H,5-38H2,1-4H3,(H2,45,47,49)(H2,46,48,50)/t41-,42-/m1/s1. The lowest BCUT2D eigenvalue weighted by Crippen LogP contribution is -2.56. The van der Waals surface area contributed by atoms with Crippen molar-refractivity contribution in [2.45, 2.75) is 245 Å². The van der Waals surface area contributed by atoms with E-state index in [1.165, 1.54) is 167 Å². The molecule has 0 spiro atoms. The smallest absolute Gasteiger partial charge is 0.315 e. The van der Waals surface area contributed by atoms with Gasteiger partial charge in [0.1, 0.15) is 0 Å². The zero-order valence-electron chi connectivity index (χ0n) is 34.2. The molecule has 6 heteroatoms. The van der Waals surface area contributed by atoms with Crippen LogP contribution in [0.15, 0.2) is 0 Å². The van der Waals surface area contributed by atoms with Crippen LogP contribution in [0.25, 0.3) is 0 Å². The van der Waals surface area contributed by atoms with Gasteiger partial charge >= 0.3 is 12.1 Å². The number of hydrogen-bond donors (Lipinski definition) is 4. The number of carbonyl (C=O) groups excluding carboxylic acids is 2. The molecule has 0 radical (unpaired) electrons. The lowest BCUT2D eigenvalue weighted by Gasteiger charge is -2.32. The van der Waals surface area contributed by atoms with Crippen molar-refractivity contribution in [1.29, 1.82) is 0 Å². The van der Waals surface area contributed by atoms with Gasteiger partial charge in [-0.25, -0.2) is 9.59 Å². The average molecular weight is 705 g/mol. The van der Waals surface area contributed by atoms with E-state index in [-0.39, 0.29) is 24.1 Å². The lowest BCUT2D eigenvalue weighted by molar-refractivity contribution is 0.213. The summed E-state index contributed by atoms with van der Waals surface area (Å²) < 4.78 is 0. The summed E-state index contributed by atoms with van der Waals surface area (Å²) in [5, 5.41) is 12.4. The largest absolute Gasteiger partial charge is 0.338 e. The second-order valence-electron chi connectivity index (χ2n) is 16.9. The predicted molar refractivity (Wildman–Crippen MR) is 218 cm³/mol. The normalized spacial score (nSPS) is 16.2. The molecule has 1 aliphatic carbocycles. The molecular weight excluding hydrogens is 617 g/mol. The van der Waals surface area contributed by atoms with Crippen molar-refractivity contribution >= 4 is 12.1 Å². The highest BCUT2D eigenvalue weighted by Gasteiger charge is 2.27. The van der Waals surface area contributed by atoms with Crippen LogP contribution in [0.4, 0.5) is 9.59 Å². The fourth-order valence-corrected chi connectivity index (χ4v) is 7.56. The summed E-state index contributed by atoms with van der Waals surface area (Å²) in [6.07, 6.45) is 41.7. The van der Waals surface area contributed by atoms with Crippen molar-refractivity contribution in [3.05, 3.63) is 0 Å². The van der Waals surface area contributed by atoms with E-state index in [0.29, 0.717) is 0 Å². The first-order valence-corrected chi connectivity index (χ1v) is 22.5. The molecule has 50 heavy (non-hydrogen) atoms. The molecule has 0 unspecified atom stereocenters. The highest BCUT2D eigenvalue weighted by molar-refractivity contribution is 5.75. The Kier molecular flexibility index (Phi) is 32.2. The van der Waals surface area contributed by atoms with Crippen LogP contribution in [0.5, 0.6) is 0 Å². The number of unbranched alkanes of at least 4 members (excludes halogenated alkanes) is 24. The van der Waals surface area contributed by atoms with Crippen LogP contribution in [-0.4, -0.2) is 37.2 Å². The molecule has 0 heterocycles. The molecule has 1 saturated carbocycles. The number of carbonyl (C=O) groups is 2.